The van der Waals surface area contributed by atoms with Crippen molar-refractivity contribution in [3.63, 3.8) is 0 Å². The van der Waals surface area contributed by atoms with Gasteiger partial charge in [0.05, 0.1) is 11.1 Å². The summed E-state index contributed by atoms with van der Waals surface area (Å²) in [5, 5.41) is 7.92. The van der Waals surface area contributed by atoms with Crippen LogP contribution in [0.1, 0.15) is 42.1 Å². The number of carbonyl (C=O) groups is 1. The lowest BCUT2D eigenvalue weighted by molar-refractivity contribution is -0.137. The number of nitrogens with zero attached hydrogens (tertiary/aromatic N) is 2. The highest BCUT2D eigenvalue weighted by Gasteiger charge is 2.38. The fourth-order valence-electron chi connectivity index (χ4n) is 2.13. The second kappa shape index (κ2) is 7.98. The summed E-state index contributed by atoms with van der Waals surface area (Å²) in [5.41, 5.74) is 3.29. The molecule has 0 unspecified atom stereocenters. The molecule has 1 aromatic carbocycles. The third kappa shape index (κ3) is 4.47. The van der Waals surface area contributed by atoms with Crippen LogP contribution in [0.2, 0.25) is 0 Å². The van der Waals surface area contributed by atoms with E-state index in [1.54, 1.807) is 0 Å². The summed E-state index contributed by atoms with van der Waals surface area (Å²) in [7, 11) is 0. The van der Waals surface area contributed by atoms with Crippen molar-refractivity contribution < 1.29 is 18.0 Å². The molecule has 0 atom stereocenters. The highest BCUT2D eigenvalue weighted by molar-refractivity contribution is 8.01. The molecule has 2 rings (SSSR count). The van der Waals surface area contributed by atoms with Gasteiger partial charge in [-0.25, -0.2) is 0 Å². The molecule has 24 heavy (non-hydrogen) atoms. The first-order valence-corrected chi connectivity index (χ1v) is 9.11. The average molecular weight is 375 g/mol. The maximum absolute atomic E-state index is 13.4. The zero-order valence-electron chi connectivity index (χ0n) is 12.9. The monoisotopic (exact) mass is 375 g/mol. The zero-order chi connectivity index (χ0) is 17.7. The van der Waals surface area contributed by atoms with Crippen molar-refractivity contribution in [1.29, 1.82) is 0 Å². The van der Waals surface area contributed by atoms with Crippen LogP contribution in [0.3, 0.4) is 0 Å². The van der Waals surface area contributed by atoms with Crippen molar-refractivity contribution in [2.24, 2.45) is 5.73 Å². The van der Waals surface area contributed by atoms with E-state index >= 15 is 0 Å². The van der Waals surface area contributed by atoms with Gasteiger partial charge in [-0.2, -0.15) is 13.2 Å². The van der Waals surface area contributed by atoms with Gasteiger partial charge < -0.3 is 5.73 Å². The van der Waals surface area contributed by atoms with Crippen LogP contribution >= 0.6 is 23.1 Å². The maximum atomic E-state index is 13.4. The summed E-state index contributed by atoms with van der Waals surface area (Å²) in [6.07, 6.45) is -1.50. The molecular weight excluding hydrogens is 359 g/mol. The summed E-state index contributed by atoms with van der Waals surface area (Å²) in [5.74, 6) is -0.279. The van der Waals surface area contributed by atoms with Crippen molar-refractivity contribution in [3.8, 4) is 10.6 Å². The zero-order valence-corrected chi connectivity index (χ0v) is 14.5. The molecule has 2 aromatic rings. The number of nitrogens with two attached hydrogens (primary N) is 1. The lowest BCUT2D eigenvalue weighted by Gasteiger charge is -2.14. The number of rotatable bonds is 7. The van der Waals surface area contributed by atoms with Gasteiger partial charge in [-0.3, -0.25) is 4.79 Å². The average Bonchev–Trinajstić information content (AvgIpc) is 2.98. The van der Waals surface area contributed by atoms with E-state index < -0.39 is 23.2 Å². The Bertz CT molecular complexity index is 716. The lowest BCUT2D eigenvalue weighted by Crippen LogP contribution is -2.19. The van der Waals surface area contributed by atoms with E-state index in [4.69, 9.17) is 5.73 Å². The van der Waals surface area contributed by atoms with E-state index in [1.165, 1.54) is 23.9 Å². The van der Waals surface area contributed by atoms with E-state index in [0.717, 1.165) is 42.4 Å². The number of aromatic nitrogens is 2. The van der Waals surface area contributed by atoms with Gasteiger partial charge in [0.2, 0.25) is 5.91 Å². The molecule has 0 radical (unpaired) electrons. The molecule has 0 spiro atoms. The molecule has 0 aliphatic heterocycles. The number of thioether (sulfide) groups is 1. The predicted molar refractivity (Wildman–Crippen MR) is 89.1 cm³/mol. The number of primary amides is 1. The fourth-order valence-corrected chi connectivity index (χ4v) is 4.08. The van der Waals surface area contributed by atoms with Gasteiger partial charge in [0.1, 0.15) is 5.01 Å². The molecule has 4 nitrogen and oxygen atoms in total. The quantitative estimate of drug-likeness (QED) is 0.567. The number of alkyl halides is 3. The van der Waals surface area contributed by atoms with Gasteiger partial charge in [-0.15, -0.1) is 10.2 Å². The van der Waals surface area contributed by atoms with Gasteiger partial charge >= 0.3 is 6.18 Å². The maximum Gasteiger partial charge on any atom is 0.417 e. The number of amides is 1. The Morgan fingerprint density at radius 3 is 2.67 bits per heavy atom. The van der Waals surface area contributed by atoms with Gasteiger partial charge in [0, 0.05) is 11.3 Å². The van der Waals surface area contributed by atoms with Crippen LogP contribution in [0.5, 0.6) is 0 Å². The third-order valence-electron chi connectivity index (χ3n) is 3.22. The minimum absolute atomic E-state index is 0.128. The van der Waals surface area contributed by atoms with Crippen molar-refractivity contribution in [2.75, 3.05) is 5.75 Å². The molecule has 0 saturated heterocycles. The minimum atomic E-state index is -4.71. The largest absolute Gasteiger partial charge is 0.417 e. The molecule has 9 heteroatoms. The molecule has 130 valence electrons. The van der Waals surface area contributed by atoms with E-state index in [-0.39, 0.29) is 10.6 Å². The summed E-state index contributed by atoms with van der Waals surface area (Å²) < 4.78 is 40.8. The van der Waals surface area contributed by atoms with Crippen LogP contribution in [-0.2, 0) is 6.18 Å². The molecule has 0 saturated carbocycles. The summed E-state index contributed by atoms with van der Waals surface area (Å²) in [4.78, 5) is 11.3. The van der Waals surface area contributed by atoms with Crippen LogP contribution in [0.4, 0.5) is 13.2 Å². The molecular formula is C15H16F3N3OS2. The Morgan fingerprint density at radius 2 is 2.04 bits per heavy atom. The van der Waals surface area contributed by atoms with E-state index in [0.29, 0.717) is 4.34 Å². The van der Waals surface area contributed by atoms with Gasteiger partial charge in [-0.1, -0.05) is 55.0 Å². The molecule has 0 aliphatic rings. The Balaban J connectivity index is 2.34. The first-order chi connectivity index (χ1) is 11.3. The number of hydrogen-bond donors (Lipinski definition) is 1. The first-order valence-electron chi connectivity index (χ1n) is 7.31. The fraction of sp³-hybridized carbons (Fsp3) is 0.400. The van der Waals surface area contributed by atoms with Crippen molar-refractivity contribution in [1.82, 2.24) is 10.2 Å². The van der Waals surface area contributed by atoms with E-state index in [2.05, 4.69) is 17.1 Å². The first kappa shape index (κ1) is 18.7. The number of hydrogen-bond acceptors (Lipinski definition) is 5. The van der Waals surface area contributed by atoms with Crippen molar-refractivity contribution in [3.05, 3.63) is 29.3 Å². The summed E-state index contributed by atoms with van der Waals surface area (Å²) in [6, 6.07) is 3.71. The molecule has 0 fully saturated rings. The third-order valence-corrected chi connectivity index (χ3v) is 5.40. The smallest absolute Gasteiger partial charge is 0.366 e. The molecule has 0 bridgehead atoms. The van der Waals surface area contributed by atoms with E-state index in [1.807, 2.05) is 0 Å². The summed E-state index contributed by atoms with van der Waals surface area (Å²) >= 11 is 2.56. The molecule has 1 amide bonds. The Morgan fingerprint density at radius 1 is 1.29 bits per heavy atom. The predicted octanol–water partition coefficient (Wildman–Crippen LogP) is 4.61. The van der Waals surface area contributed by atoms with Crippen molar-refractivity contribution >= 4 is 29.0 Å². The van der Waals surface area contributed by atoms with Crippen LogP contribution in [-0.4, -0.2) is 21.9 Å². The molecule has 0 aliphatic carbocycles. The van der Waals surface area contributed by atoms with E-state index in [9.17, 15) is 18.0 Å². The number of benzene rings is 1. The highest BCUT2D eigenvalue weighted by atomic mass is 32.2. The molecule has 1 aromatic heterocycles. The standard InChI is InChI=1S/C15H16F3N3OS2/c1-2-3-4-8-23-14-21-20-13(24-14)10-7-5-6-9(12(19)22)11(10)15(16,17)18/h5-7H,2-4,8H2,1H3,(H2,19,22). The Labute approximate surface area is 145 Å². The Kier molecular flexibility index (Phi) is 6.22. The van der Waals surface area contributed by atoms with Gasteiger partial charge in [-0.05, 0) is 12.5 Å². The van der Waals surface area contributed by atoms with Crippen molar-refractivity contribution in [2.45, 2.75) is 36.7 Å². The second-order valence-corrected chi connectivity index (χ2v) is 7.34. The highest BCUT2D eigenvalue weighted by Crippen LogP contribution is 2.41. The van der Waals surface area contributed by atoms with Gasteiger partial charge in [0.25, 0.3) is 0 Å². The minimum Gasteiger partial charge on any atom is -0.366 e. The topological polar surface area (TPSA) is 68.9 Å². The SMILES string of the molecule is CCCCCSc1nnc(-c2cccc(C(N)=O)c2C(F)(F)F)s1. The molecule has 1 heterocycles. The Hall–Kier alpha value is -1.61. The van der Waals surface area contributed by atoms with Crippen LogP contribution in [0.25, 0.3) is 10.6 Å². The van der Waals surface area contributed by atoms with Crippen LogP contribution < -0.4 is 5.73 Å². The van der Waals surface area contributed by atoms with Gasteiger partial charge in [0.15, 0.2) is 4.34 Å². The van der Waals surface area contributed by atoms with Crippen LogP contribution in [0.15, 0.2) is 22.5 Å². The molecule has 2 N–H and O–H groups in total. The normalized spacial score (nSPS) is 11.7. The summed E-state index contributed by atoms with van der Waals surface area (Å²) in [6.45, 7) is 2.10. The number of unbranched alkanes of at least 4 members (excludes halogenated alkanes) is 2. The second-order valence-electron chi connectivity index (χ2n) is 5.02. The lowest BCUT2D eigenvalue weighted by atomic mass is 10.0. The van der Waals surface area contributed by atoms with Crippen LogP contribution in [0, 0.1) is 0 Å². The number of halogens is 3. The number of carbonyl (C=O) groups excluding carboxylic acids is 1.